The van der Waals surface area contributed by atoms with Crippen molar-refractivity contribution in [1.29, 1.82) is 0 Å². The first-order chi connectivity index (χ1) is 11.1. The molecule has 0 bridgehead atoms. The third kappa shape index (κ3) is 3.71. The summed E-state index contributed by atoms with van der Waals surface area (Å²) in [5.74, 6) is 1.10. The highest BCUT2D eigenvalue weighted by molar-refractivity contribution is 5.74. The van der Waals surface area contributed by atoms with E-state index in [9.17, 15) is 9.18 Å². The van der Waals surface area contributed by atoms with E-state index in [1.165, 1.54) is 12.1 Å². The lowest BCUT2D eigenvalue weighted by Gasteiger charge is -2.15. The van der Waals surface area contributed by atoms with Crippen molar-refractivity contribution in [2.24, 2.45) is 0 Å². The van der Waals surface area contributed by atoms with Gasteiger partial charge in [-0.25, -0.2) is 9.18 Å². The number of halogens is 1. The molecule has 0 saturated heterocycles. The molecule has 2 N–H and O–H groups in total. The predicted octanol–water partition coefficient (Wildman–Crippen LogP) is 3.11. The van der Waals surface area contributed by atoms with Gasteiger partial charge in [-0.15, -0.1) is 0 Å². The fraction of sp³-hybridized carbons (Fsp3) is 0.235. The second-order valence-corrected chi connectivity index (χ2v) is 5.29. The second kappa shape index (κ2) is 6.56. The van der Waals surface area contributed by atoms with Crippen LogP contribution in [0.1, 0.15) is 24.1 Å². The van der Waals surface area contributed by atoms with Crippen molar-refractivity contribution in [2.45, 2.75) is 19.5 Å². The van der Waals surface area contributed by atoms with Crippen LogP contribution in [0.25, 0.3) is 0 Å². The van der Waals surface area contributed by atoms with Gasteiger partial charge in [-0.05, 0) is 42.3 Å². The van der Waals surface area contributed by atoms with E-state index in [4.69, 9.17) is 9.47 Å². The van der Waals surface area contributed by atoms with Crippen molar-refractivity contribution < 1.29 is 18.7 Å². The summed E-state index contributed by atoms with van der Waals surface area (Å²) in [6.07, 6.45) is 0. The molecule has 1 aliphatic rings. The standard InChI is InChI=1S/C17H17FN2O3/c1-11(13-3-5-14(18)6-4-13)20-17(21)19-9-12-2-7-15-16(8-12)23-10-22-15/h2-8,11H,9-10H2,1H3,(H2,19,20,21). The minimum Gasteiger partial charge on any atom is -0.454 e. The van der Waals surface area contributed by atoms with E-state index in [1.54, 1.807) is 12.1 Å². The molecule has 0 aromatic heterocycles. The van der Waals surface area contributed by atoms with E-state index in [2.05, 4.69) is 10.6 Å². The van der Waals surface area contributed by atoms with E-state index in [0.29, 0.717) is 18.0 Å². The minimum absolute atomic E-state index is 0.215. The zero-order valence-corrected chi connectivity index (χ0v) is 12.6. The van der Waals surface area contributed by atoms with Crippen LogP contribution in [0.15, 0.2) is 42.5 Å². The lowest BCUT2D eigenvalue weighted by atomic mass is 10.1. The third-order valence-corrected chi connectivity index (χ3v) is 3.61. The van der Waals surface area contributed by atoms with Crippen LogP contribution in [0.2, 0.25) is 0 Å². The zero-order chi connectivity index (χ0) is 16.2. The number of carbonyl (C=O) groups excluding carboxylic acids is 1. The first-order valence-corrected chi connectivity index (χ1v) is 7.30. The molecule has 1 unspecified atom stereocenters. The molecule has 1 heterocycles. The normalized spacial score (nSPS) is 13.5. The summed E-state index contributed by atoms with van der Waals surface area (Å²) in [5, 5.41) is 5.59. The number of rotatable bonds is 4. The van der Waals surface area contributed by atoms with E-state index < -0.39 is 0 Å². The maximum absolute atomic E-state index is 12.9. The van der Waals surface area contributed by atoms with Crippen LogP contribution in [-0.2, 0) is 6.54 Å². The van der Waals surface area contributed by atoms with Crippen molar-refractivity contribution in [3.05, 3.63) is 59.4 Å². The Kier molecular flexibility index (Phi) is 4.32. The van der Waals surface area contributed by atoms with Gasteiger partial charge >= 0.3 is 6.03 Å². The van der Waals surface area contributed by atoms with Gasteiger partial charge in [0.05, 0.1) is 6.04 Å². The number of amides is 2. The Morgan fingerprint density at radius 3 is 2.70 bits per heavy atom. The molecule has 5 nitrogen and oxygen atoms in total. The third-order valence-electron chi connectivity index (χ3n) is 3.61. The van der Waals surface area contributed by atoms with Gasteiger partial charge in [-0.1, -0.05) is 18.2 Å². The van der Waals surface area contributed by atoms with Crippen LogP contribution in [0.4, 0.5) is 9.18 Å². The topological polar surface area (TPSA) is 59.6 Å². The van der Waals surface area contributed by atoms with Gasteiger partial charge < -0.3 is 20.1 Å². The van der Waals surface area contributed by atoms with Crippen LogP contribution in [0.3, 0.4) is 0 Å². The number of hydrogen-bond acceptors (Lipinski definition) is 3. The summed E-state index contributed by atoms with van der Waals surface area (Å²) in [6, 6.07) is 11.1. The Morgan fingerprint density at radius 2 is 1.91 bits per heavy atom. The van der Waals surface area contributed by atoms with E-state index in [-0.39, 0.29) is 24.7 Å². The number of benzene rings is 2. The van der Waals surface area contributed by atoms with Gasteiger partial charge in [0.1, 0.15) is 5.82 Å². The van der Waals surface area contributed by atoms with E-state index in [1.807, 2.05) is 25.1 Å². The summed E-state index contributed by atoms with van der Waals surface area (Å²) in [7, 11) is 0. The summed E-state index contributed by atoms with van der Waals surface area (Å²) >= 11 is 0. The Labute approximate surface area is 133 Å². The molecule has 0 saturated carbocycles. The van der Waals surface area contributed by atoms with Crippen LogP contribution < -0.4 is 20.1 Å². The lowest BCUT2D eigenvalue weighted by molar-refractivity contribution is 0.174. The fourth-order valence-corrected chi connectivity index (χ4v) is 2.32. The maximum atomic E-state index is 12.9. The highest BCUT2D eigenvalue weighted by atomic mass is 19.1. The average molecular weight is 316 g/mol. The van der Waals surface area contributed by atoms with Crippen molar-refractivity contribution in [2.75, 3.05) is 6.79 Å². The molecule has 0 fully saturated rings. The van der Waals surface area contributed by atoms with Crippen molar-refractivity contribution in [3.63, 3.8) is 0 Å². The van der Waals surface area contributed by atoms with E-state index in [0.717, 1.165) is 11.1 Å². The Balaban J connectivity index is 1.52. The number of urea groups is 1. The van der Waals surface area contributed by atoms with Crippen LogP contribution in [-0.4, -0.2) is 12.8 Å². The van der Waals surface area contributed by atoms with Gasteiger partial charge in [0.25, 0.3) is 0 Å². The van der Waals surface area contributed by atoms with Gasteiger partial charge in [-0.3, -0.25) is 0 Å². The molecule has 23 heavy (non-hydrogen) atoms. The number of fused-ring (bicyclic) bond motifs is 1. The number of ether oxygens (including phenoxy) is 2. The Hall–Kier alpha value is -2.76. The summed E-state index contributed by atoms with van der Waals surface area (Å²) in [5.41, 5.74) is 1.75. The predicted molar refractivity (Wildman–Crippen MR) is 82.8 cm³/mol. The SMILES string of the molecule is CC(NC(=O)NCc1ccc2c(c1)OCO2)c1ccc(F)cc1. The van der Waals surface area contributed by atoms with Crippen LogP contribution >= 0.6 is 0 Å². The quantitative estimate of drug-likeness (QED) is 0.911. The van der Waals surface area contributed by atoms with Crippen molar-refractivity contribution in [1.82, 2.24) is 10.6 Å². The molecule has 0 radical (unpaired) electrons. The summed E-state index contributed by atoms with van der Waals surface area (Å²) < 4.78 is 23.4. The van der Waals surface area contributed by atoms with Gasteiger partial charge in [0, 0.05) is 6.54 Å². The molecule has 6 heteroatoms. The molecular weight excluding hydrogens is 299 g/mol. The van der Waals surface area contributed by atoms with Crippen molar-refractivity contribution >= 4 is 6.03 Å². The van der Waals surface area contributed by atoms with E-state index >= 15 is 0 Å². The Morgan fingerprint density at radius 1 is 1.17 bits per heavy atom. The number of carbonyl (C=O) groups is 1. The molecule has 2 aromatic rings. The number of hydrogen-bond donors (Lipinski definition) is 2. The molecule has 1 aliphatic heterocycles. The molecule has 2 aromatic carbocycles. The van der Waals surface area contributed by atoms with Gasteiger partial charge in [-0.2, -0.15) is 0 Å². The molecule has 1 atom stereocenters. The summed E-state index contributed by atoms with van der Waals surface area (Å²) in [4.78, 5) is 11.9. The van der Waals surface area contributed by atoms with Crippen LogP contribution in [0.5, 0.6) is 11.5 Å². The first kappa shape index (κ1) is 15.1. The molecular formula is C17H17FN2O3. The molecule has 0 aliphatic carbocycles. The molecule has 2 amide bonds. The molecule has 3 rings (SSSR count). The first-order valence-electron chi connectivity index (χ1n) is 7.30. The molecule has 0 spiro atoms. The minimum atomic E-state index is -0.298. The highest BCUT2D eigenvalue weighted by Gasteiger charge is 2.14. The largest absolute Gasteiger partial charge is 0.454 e. The fourth-order valence-electron chi connectivity index (χ4n) is 2.32. The Bertz CT molecular complexity index is 703. The smallest absolute Gasteiger partial charge is 0.315 e. The van der Waals surface area contributed by atoms with Crippen molar-refractivity contribution in [3.8, 4) is 11.5 Å². The monoisotopic (exact) mass is 316 g/mol. The summed E-state index contributed by atoms with van der Waals surface area (Å²) in [6.45, 7) is 2.44. The molecule has 120 valence electrons. The van der Waals surface area contributed by atoms with Gasteiger partial charge in [0.2, 0.25) is 6.79 Å². The number of nitrogens with one attached hydrogen (secondary N) is 2. The average Bonchev–Trinajstić information content (AvgIpc) is 3.01. The zero-order valence-electron chi connectivity index (χ0n) is 12.6. The maximum Gasteiger partial charge on any atom is 0.315 e. The van der Waals surface area contributed by atoms with Gasteiger partial charge in [0.15, 0.2) is 11.5 Å². The van der Waals surface area contributed by atoms with Crippen LogP contribution in [0, 0.1) is 5.82 Å². The highest BCUT2D eigenvalue weighted by Crippen LogP contribution is 2.32. The second-order valence-electron chi connectivity index (χ2n) is 5.29. The lowest BCUT2D eigenvalue weighted by Crippen LogP contribution is -2.36.